The normalized spacial score (nSPS) is 12.1. The molecule has 0 saturated heterocycles. The molecule has 0 aliphatic rings. The Labute approximate surface area is 103 Å². The van der Waals surface area contributed by atoms with Crippen LogP contribution in [0.3, 0.4) is 0 Å². The van der Waals surface area contributed by atoms with E-state index in [2.05, 4.69) is 10.1 Å². The average molecular weight is 252 g/mol. The molecule has 1 heterocycles. The predicted molar refractivity (Wildman–Crippen MR) is 62.3 cm³/mol. The Morgan fingerprint density at radius 3 is 2.76 bits per heavy atom. The number of halogens is 1. The van der Waals surface area contributed by atoms with E-state index in [1.807, 2.05) is 30.3 Å². The highest BCUT2D eigenvalue weighted by Crippen LogP contribution is 2.10. The van der Waals surface area contributed by atoms with Crippen LogP contribution in [0.1, 0.15) is 6.92 Å². The minimum Gasteiger partial charge on any atom is -0.450 e. The van der Waals surface area contributed by atoms with Crippen LogP contribution in [0.25, 0.3) is 5.69 Å². The third-order valence-electron chi connectivity index (χ3n) is 2.09. The fourth-order valence-corrected chi connectivity index (χ4v) is 1.26. The maximum atomic E-state index is 10.8. The summed E-state index contributed by atoms with van der Waals surface area (Å²) in [6.45, 7) is 1.54. The third kappa shape index (κ3) is 2.82. The standard InChI is InChI=1S/C11H10ClN3O2/c1-8(10(12)16)17-11-13-7-15(14-11)9-5-3-2-4-6-9/h2-8H,1H3. The molecule has 0 aliphatic carbocycles. The van der Waals surface area contributed by atoms with Crippen molar-refractivity contribution >= 4 is 16.8 Å². The van der Waals surface area contributed by atoms with Gasteiger partial charge in [0.2, 0.25) is 0 Å². The van der Waals surface area contributed by atoms with Gasteiger partial charge in [0.05, 0.1) is 5.69 Å². The summed E-state index contributed by atoms with van der Waals surface area (Å²) in [6, 6.07) is 9.58. The lowest BCUT2D eigenvalue weighted by Gasteiger charge is -2.05. The molecule has 0 fully saturated rings. The highest BCUT2D eigenvalue weighted by atomic mass is 35.5. The molecule has 0 radical (unpaired) electrons. The van der Waals surface area contributed by atoms with Gasteiger partial charge in [-0.2, -0.15) is 4.98 Å². The highest BCUT2D eigenvalue weighted by Gasteiger charge is 2.14. The first-order valence-corrected chi connectivity index (χ1v) is 5.37. The van der Waals surface area contributed by atoms with Gasteiger partial charge in [-0.05, 0) is 30.7 Å². The molecule has 1 aromatic carbocycles. The number of hydrogen-bond donors (Lipinski definition) is 0. The summed E-state index contributed by atoms with van der Waals surface area (Å²) in [5.41, 5.74) is 0.861. The third-order valence-corrected chi connectivity index (χ3v) is 2.40. The van der Waals surface area contributed by atoms with E-state index in [9.17, 15) is 4.79 Å². The molecule has 17 heavy (non-hydrogen) atoms. The first-order valence-electron chi connectivity index (χ1n) is 5.00. The Morgan fingerprint density at radius 1 is 1.41 bits per heavy atom. The molecule has 0 spiro atoms. The number of carbonyl (C=O) groups is 1. The van der Waals surface area contributed by atoms with E-state index < -0.39 is 11.3 Å². The van der Waals surface area contributed by atoms with Gasteiger partial charge in [0.25, 0.3) is 5.24 Å². The summed E-state index contributed by atoms with van der Waals surface area (Å²) in [5.74, 6) is 0. The van der Waals surface area contributed by atoms with Crippen LogP contribution in [0, 0.1) is 0 Å². The molecule has 88 valence electrons. The molecular formula is C11H10ClN3O2. The van der Waals surface area contributed by atoms with Crippen LogP contribution < -0.4 is 4.74 Å². The van der Waals surface area contributed by atoms with Gasteiger partial charge in [-0.15, -0.1) is 5.10 Å². The lowest BCUT2D eigenvalue weighted by molar-refractivity contribution is -0.117. The zero-order valence-electron chi connectivity index (χ0n) is 9.08. The quantitative estimate of drug-likeness (QED) is 0.778. The zero-order chi connectivity index (χ0) is 12.3. The van der Waals surface area contributed by atoms with E-state index in [1.165, 1.54) is 6.33 Å². The number of rotatable bonds is 4. The topological polar surface area (TPSA) is 57.0 Å². The SMILES string of the molecule is CC(Oc1ncn(-c2ccccc2)n1)C(=O)Cl. The molecule has 0 N–H and O–H groups in total. The van der Waals surface area contributed by atoms with Crippen molar-refractivity contribution in [3.63, 3.8) is 0 Å². The van der Waals surface area contributed by atoms with Crippen LogP contribution in [-0.4, -0.2) is 26.1 Å². The first kappa shape index (κ1) is 11.6. The van der Waals surface area contributed by atoms with Gasteiger partial charge in [-0.25, -0.2) is 4.68 Å². The first-order chi connectivity index (χ1) is 8.16. The van der Waals surface area contributed by atoms with E-state index in [0.29, 0.717) is 0 Å². The Hall–Kier alpha value is -1.88. The van der Waals surface area contributed by atoms with Crippen molar-refractivity contribution < 1.29 is 9.53 Å². The molecule has 2 aromatic rings. The molecule has 5 nitrogen and oxygen atoms in total. The molecule has 0 saturated carbocycles. The molecular weight excluding hydrogens is 242 g/mol. The fraction of sp³-hybridized carbons (Fsp3) is 0.182. The van der Waals surface area contributed by atoms with E-state index in [4.69, 9.17) is 16.3 Å². The second-order valence-corrected chi connectivity index (χ2v) is 3.74. The molecule has 1 atom stereocenters. The molecule has 6 heteroatoms. The summed E-state index contributed by atoms with van der Waals surface area (Å²) in [4.78, 5) is 14.7. The van der Waals surface area contributed by atoms with Crippen molar-refractivity contribution in [2.24, 2.45) is 0 Å². The zero-order valence-corrected chi connectivity index (χ0v) is 9.83. The lowest BCUT2D eigenvalue weighted by Crippen LogP contribution is -2.19. The highest BCUT2D eigenvalue weighted by molar-refractivity contribution is 6.64. The number of hydrogen-bond acceptors (Lipinski definition) is 4. The number of para-hydroxylation sites is 1. The Bertz CT molecular complexity index is 512. The molecule has 0 amide bonds. The number of ether oxygens (including phenoxy) is 1. The van der Waals surface area contributed by atoms with E-state index in [-0.39, 0.29) is 6.01 Å². The maximum Gasteiger partial charge on any atom is 0.336 e. The van der Waals surface area contributed by atoms with Crippen molar-refractivity contribution in [3.05, 3.63) is 36.7 Å². The second kappa shape index (κ2) is 4.97. The summed E-state index contributed by atoms with van der Waals surface area (Å²) in [5, 5.41) is 3.49. The van der Waals surface area contributed by atoms with Crippen LogP contribution in [0.15, 0.2) is 36.7 Å². The van der Waals surface area contributed by atoms with Gasteiger partial charge in [-0.1, -0.05) is 18.2 Å². The molecule has 0 bridgehead atoms. The van der Waals surface area contributed by atoms with Crippen molar-refractivity contribution in [1.82, 2.24) is 14.8 Å². The molecule has 1 aromatic heterocycles. The van der Waals surface area contributed by atoms with Gasteiger partial charge in [0.15, 0.2) is 6.10 Å². The van der Waals surface area contributed by atoms with Crippen molar-refractivity contribution in [2.45, 2.75) is 13.0 Å². The largest absolute Gasteiger partial charge is 0.450 e. The van der Waals surface area contributed by atoms with Crippen LogP contribution >= 0.6 is 11.6 Å². The van der Waals surface area contributed by atoms with Crippen molar-refractivity contribution in [2.75, 3.05) is 0 Å². The number of nitrogens with zero attached hydrogens (tertiary/aromatic N) is 3. The maximum absolute atomic E-state index is 10.8. The predicted octanol–water partition coefficient (Wildman–Crippen LogP) is 1.80. The van der Waals surface area contributed by atoms with Crippen LogP contribution in [0.5, 0.6) is 6.01 Å². The summed E-state index contributed by atoms with van der Waals surface area (Å²) in [6.07, 6.45) is 0.749. The van der Waals surface area contributed by atoms with Crippen LogP contribution in [0.2, 0.25) is 0 Å². The summed E-state index contributed by atoms with van der Waals surface area (Å²) < 4.78 is 6.71. The van der Waals surface area contributed by atoms with Gasteiger partial charge in [-0.3, -0.25) is 4.79 Å². The Balaban J connectivity index is 2.14. The van der Waals surface area contributed by atoms with E-state index >= 15 is 0 Å². The number of aromatic nitrogens is 3. The molecule has 1 unspecified atom stereocenters. The van der Waals surface area contributed by atoms with Crippen LogP contribution in [0.4, 0.5) is 0 Å². The summed E-state index contributed by atoms with van der Waals surface area (Å²) in [7, 11) is 0. The summed E-state index contributed by atoms with van der Waals surface area (Å²) >= 11 is 5.28. The fourth-order valence-electron chi connectivity index (χ4n) is 1.21. The van der Waals surface area contributed by atoms with E-state index in [1.54, 1.807) is 11.6 Å². The Morgan fingerprint density at radius 2 is 2.12 bits per heavy atom. The smallest absolute Gasteiger partial charge is 0.336 e. The minimum atomic E-state index is -0.761. The molecule has 0 aliphatic heterocycles. The van der Waals surface area contributed by atoms with Gasteiger partial charge < -0.3 is 4.74 Å². The van der Waals surface area contributed by atoms with Crippen molar-refractivity contribution in [1.29, 1.82) is 0 Å². The van der Waals surface area contributed by atoms with Crippen molar-refractivity contribution in [3.8, 4) is 11.7 Å². The van der Waals surface area contributed by atoms with Crippen LogP contribution in [-0.2, 0) is 4.79 Å². The van der Waals surface area contributed by atoms with Gasteiger partial charge in [0.1, 0.15) is 6.33 Å². The second-order valence-electron chi connectivity index (χ2n) is 3.37. The monoisotopic (exact) mass is 251 g/mol. The number of benzene rings is 1. The average Bonchev–Trinajstić information content (AvgIpc) is 2.78. The lowest BCUT2D eigenvalue weighted by atomic mass is 10.3. The number of carbonyl (C=O) groups excluding carboxylic acids is 1. The molecule has 2 rings (SSSR count). The Kier molecular flexibility index (Phi) is 3.39. The van der Waals surface area contributed by atoms with E-state index in [0.717, 1.165) is 5.69 Å². The van der Waals surface area contributed by atoms with Gasteiger partial charge in [0, 0.05) is 0 Å². The van der Waals surface area contributed by atoms with Gasteiger partial charge >= 0.3 is 6.01 Å². The minimum absolute atomic E-state index is 0.121.